The maximum absolute atomic E-state index is 5.65. The largest absolute Gasteiger partial charge is 0.378 e. The molecule has 1 aromatic carbocycles. The van der Waals surface area contributed by atoms with Gasteiger partial charge in [-0.05, 0) is 11.1 Å². The lowest BCUT2D eigenvalue weighted by Crippen LogP contribution is -2.31. The third kappa shape index (κ3) is 8.04. The highest BCUT2D eigenvalue weighted by molar-refractivity contribution is 5.47. The first-order valence-electron chi connectivity index (χ1n) is 8.63. The van der Waals surface area contributed by atoms with Crippen molar-refractivity contribution in [2.75, 3.05) is 65.9 Å². The molecule has 0 amide bonds. The van der Waals surface area contributed by atoms with E-state index in [1.54, 1.807) is 0 Å². The van der Waals surface area contributed by atoms with Crippen LogP contribution in [0.5, 0.6) is 0 Å². The van der Waals surface area contributed by atoms with E-state index in [-0.39, 0.29) is 0 Å². The molecule has 0 spiro atoms. The monoisotopic (exact) mass is 335 g/mol. The molecule has 5 heteroatoms. The first-order chi connectivity index (χ1) is 11.9. The Bertz CT molecular complexity index is 433. The number of hydrogen-bond donors (Lipinski definition) is 0. The van der Waals surface area contributed by atoms with Crippen LogP contribution in [0, 0.1) is 0 Å². The normalized spacial score (nSPS) is 20.0. The van der Waals surface area contributed by atoms with Crippen molar-refractivity contribution in [2.45, 2.75) is 6.54 Å². The minimum Gasteiger partial charge on any atom is -0.378 e. The molecule has 24 heavy (non-hydrogen) atoms. The molecule has 0 N–H and O–H groups in total. The Balaban J connectivity index is 1.82. The molecule has 1 heterocycles. The third-order valence-corrected chi connectivity index (χ3v) is 3.84. The molecule has 1 fully saturated rings. The van der Waals surface area contributed by atoms with E-state index in [0.717, 1.165) is 25.2 Å². The van der Waals surface area contributed by atoms with Crippen molar-refractivity contribution in [1.82, 2.24) is 4.90 Å². The van der Waals surface area contributed by atoms with E-state index in [1.165, 1.54) is 5.56 Å². The first kappa shape index (κ1) is 19.1. The average Bonchev–Trinajstić information content (AvgIpc) is 2.62. The maximum Gasteiger partial charge on any atom is 0.0701 e. The summed E-state index contributed by atoms with van der Waals surface area (Å²) >= 11 is 0. The zero-order valence-corrected chi connectivity index (χ0v) is 14.5. The fraction of sp³-hybridized carbons (Fsp3) is 0.579. The quantitative estimate of drug-likeness (QED) is 0.847. The van der Waals surface area contributed by atoms with Gasteiger partial charge in [-0.2, -0.15) is 0 Å². The lowest BCUT2D eigenvalue weighted by molar-refractivity contribution is 0.00206. The molecule has 1 aliphatic heterocycles. The van der Waals surface area contributed by atoms with Crippen molar-refractivity contribution in [3.63, 3.8) is 0 Å². The number of ether oxygens (including phenoxy) is 4. The molecule has 0 saturated carbocycles. The predicted octanol–water partition coefficient (Wildman–Crippen LogP) is 2.21. The number of rotatable bonds is 3. The topological polar surface area (TPSA) is 40.2 Å². The Morgan fingerprint density at radius 2 is 1.21 bits per heavy atom. The van der Waals surface area contributed by atoms with E-state index >= 15 is 0 Å². The van der Waals surface area contributed by atoms with Crippen molar-refractivity contribution < 1.29 is 18.9 Å². The predicted molar refractivity (Wildman–Crippen MR) is 95.1 cm³/mol. The molecule has 0 atom stereocenters. The second-order valence-corrected chi connectivity index (χ2v) is 5.67. The Kier molecular flexibility index (Phi) is 9.68. The van der Waals surface area contributed by atoms with Crippen LogP contribution in [0.25, 0.3) is 6.08 Å². The van der Waals surface area contributed by atoms with Crippen molar-refractivity contribution in [2.24, 2.45) is 0 Å². The SMILES string of the molecule is C=Cc1ccc(CN2CCOCCOCCOCCOCC2)cc1. The van der Waals surface area contributed by atoms with Gasteiger partial charge in [-0.15, -0.1) is 0 Å². The minimum absolute atomic E-state index is 0.607. The van der Waals surface area contributed by atoms with Gasteiger partial charge < -0.3 is 18.9 Å². The van der Waals surface area contributed by atoms with Gasteiger partial charge in [0, 0.05) is 19.6 Å². The van der Waals surface area contributed by atoms with E-state index < -0.39 is 0 Å². The average molecular weight is 335 g/mol. The maximum atomic E-state index is 5.65. The zero-order chi connectivity index (χ0) is 16.9. The van der Waals surface area contributed by atoms with Gasteiger partial charge in [0.2, 0.25) is 0 Å². The van der Waals surface area contributed by atoms with Crippen LogP contribution in [-0.4, -0.2) is 70.8 Å². The smallest absolute Gasteiger partial charge is 0.0701 e. The summed E-state index contributed by atoms with van der Waals surface area (Å²) in [7, 11) is 0. The lowest BCUT2D eigenvalue weighted by atomic mass is 10.1. The van der Waals surface area contributed by atoms with Crippen LogP contribution in [0.2, 0.25) is 0 Å². The molecule has 1 saturated heterocycles. The van der Waals surface area contributed by atoms with Gasteiger partial charge in [-0.3, -0.25) is 4.90 Å². The van der Waals surface area contributed by atoms with Crippen LogP contribution >= 0.6 is 0 Å². The minimum atomic E-state index is 0.607. The summed E-state index contributed by atoms with van der Waals surface area (Å²) in [6.07, 6.45) is 1.86. The molecule has 0 aromatic heterocycles. The molecule has 2 rings (SSSR count). The molecule has 5 nitrogen and oxygen atoms in total. The van der Waals surface area contributed by atoms with Gasteiger partial charge in [0.1, 0.15) is 0 Å². The molecule has 134 valence electrons. The van der Waals surface area contributed by atoms with Crippen LogP contribution in [0.3, 0.4) is 0 Å². The van der Waals surface area contributed by atoms with Crippen LogP contribution in [0.15, 0.2) is 30.8 Å². The Morgan fingerprint density at radius 3 is 1.67 bits per heavy atom. The zero-order valence-electron chi connectivity index (χ0n) is 14.5. The Hall–Kier alpha value is -1.24. The lowest BCUT2D eigenvalue weighted by Gasteiger charge is -2.22. The summed E-state index contributed by atoms with van der Waals surface area (Å²) < 4.78 is 22.2. The second-order valence-electron chi connectivity index (χ2n) is 5.67. The highest BCUT2D eigenvalue weighted by Gasteiger charge is 2.07. The van der Waals surface area contributed by atoms with Crippen LogP contribution < -0.4 is 0 Å². The fourth-order valence-corrected chi connectivity index (χ4v) is 2.44. The number of nitrogens with zero attached hydrogens (tertiary/aromatic N) is 1. The molecule has 0 radical (unpaired) electrons. The van der Waals surface area contributed by atoms with Gasteiger partial charge in [0.15, 0.2) is 0 Å². The fourth-order valence-electron chi connectivity index (χ4n) is 2.44. The van der Waals surface area contributed by atoms with Gasteiger partial charge in [0.05, 0.1) is 52.9 Å². The summed E-state index contributed by atoms with van der Waals surface area (Å²) in [5.41, 5.74) is 2.42. The summed E-state index contributed by atoms with van der Waals surface area (Å²) in [5, 5.41) is 0. The number of benzene rings is 1. The molecule has 1 aromatic rings. The van der Waals surface area contributed by atoms with Crippen LogP contribution in [0.1, 0.15) is 11.1 Å². The van der Waals surface area contributed by atoms with Gasteiger partial charge in [0.25, 0.3) is 0 Å². The van der Waals surface area contributed by atoms with E-state index in [4.69, 9.17) is 18.9 Å². The van der Waals surface area contributed by atoms with Gasteiger partial charge >= 0.3 is 0 Å². The Labute approximate surface area is 145 Å². The Morgan fingerprint density at radius 1 is 0.750 bits per heavy atom. The van der Waals surface area contributed by atoms with Crippen molar-refractivity contribution in [1.29, 1.82) is 0 Å². The van der Waals surface area contributed by atoms with Crippen molar-refractivity contribution in [3.8, 4) is 0 Å². The van der Waals surface area contributed by atoms with Crippen molar-refractivity contribution in [3.05, 3.63) is 42.0 Å². The molecular weight excluding hydrogens is 306 g/mol. The third-order valence-electron chi connectivity index (χ3n) is 3.84. The first-order valence-corrected chi connectivity index (χ1v) is 8.63. The van der Waals surface area contributed by atoms with E-state index in [1.807, 2.05) is 6.08 Å². The summed E-state index contributed by atoms with van der Waals surface area (Å²) in [6, 6.07) is 8.49. The van der Waals surface area contributed by atoms with Crippen molar-refractivity contribution >= 4 is 6.08 Å². The van der Waals surface area contributed by atoms with Crippen LogP contribution in [-0.2, 0) is 25.5 Å². The second kappa shape index (κ2) is 12.2. The standard InChI is InChI=1S/C19H29NO4/c1-2-18-3-5-19(6-4-18)17-20-7-9-21-11-13-23-15-16-24-14-12-22-10-8-20/h2-6H,1,7-17H2. The van der Waals surface area contributed by atoms with E-state index in [2.05, 4.69) is 35.7 Å². The molecule has 0 aliphatic carbocycles. The molecule has 0 bridgehead atoms. The summed E-state index contributed by atoms with van der Waals surface area (Å²) in [6.45, 7) is 11.5. The van der Waals surface area contributed by atoms with Crippen LogP contribution in [0.4, 0.5) is 0 Å². The van der Waals surface area contributed by atoms with E-state index in [9.17, 15) is 0 Å². The summed E-state index contributed by atoms with van der Waals surface area (Å²) in [4.78, 5) is 2.35. The van der Waals surface area contributed by atoms with E-state index in [0.29, 0.717) is 52.9 Å². The molecule has 1 aliphatic rings. The summed E-state index contributed by atoms with van der Waals surface area (Å²) in [5.74, 6) is 0. The highest BCUT2D eigenvalue weighted by Crippen LogP contribution is 2.08. The van der Waals surface area contributed by atoms with Gasteiger partial charge in [-0.1, -0.05) is 36.9 Å². The molecule has 0 unspecified atom stereocenters. The molecular formula is C19H29NO4. The highest BCUT2D eigenvalue weighted by atomic mass is 16.6. The number of hydrogen-bond acceptors (Lipinski definition) is 5. The van der Waals surface area contributed by atoms with Gasteiger partial charge in [-0.25, -0.2) is 0 Å².